The normalized spacial score (nSPS) is 13.3. The molecule has 0 aliphatic heterocycles. The largest absolute Gasteiger partial charge is 0.279 e. The summed E-state index contributed by atoms with van der Waals surface area (Å²) in [6, 6.07) is 4.12. The zero-order valence-corrected chi connectivity index (χ0v) is 12.1. The first-order chi connectivity index (χ1) is 8.27. The average Bonchev–Trinajstić information content (AvgIpc) is 2.24. The summed E-state index contributed by atoms with van der Waals surface area (Å²) in [7, 11) is -3.72. The predicted molar refractivity (Wildman–Crippen MR) is 71.2 cm³/mol. The monoisotopic (exact) mass is 289 g/mol. The van der Waals surface area contributed by atoms with E-state index in [1.807, 2.05) is 6.92 Å². The van der Waals surface area contributed by atoms with E-state index >= 15 is 0 Å². The molecular formula is C12H16ClNO3S. The number of benzene rings is 1. The summed E-state index contributed by atoms with van der Waals surface area (Å²) in [5, 5.41) is -0.703. The number of aryl methyl sites for hydroxylation is 2. The minimum absolute atomic E-state index is 0.171. The van der Waals surface area contributed by atoms with Crippen molar-refractivity contribution >= 4 is 26.9 Å². The Morgan fingerprint density at radius 3 is 2.44 bits per heavy atom. The van der Waals surface area contributed by atoms with Crippen molar-refractivity contribution in [3.8, 4) is 0 Å². The highest BCUT2D eigenvalue weighted by Crippen LogP contribution is 2.17. The zero-order chi connectivity index (χ0) is 13.9. The highest BCUT2D eigenvalue weighted by Gasteiger charge is 2.24. The van der Waals surface area contributed by atoms with E-state index in [1.54, 1.807) is 26.0 Å². The molecule has 0 aromatic heterocycles. The van der Waals surface area contributed by atoms with Crippen LogP contribution in [0.5, 0.6) is 0 Å². The summed E-state index contributed by atoms with van der Waals surface area (Å²) in [6.07, 6.45) is 0.312. The Morgan fingerprint density at radius 1 is 1.39 bits per heavy atom. The quantitative estimate of drug-likeness (QED) is 0.845. The maximum absolute atomic E-state index is 12.1. The van der Waals surface area contributed by atoms with E-state index in [1.165, 1.54) is 6.07 Å². The number of carbonyl (C=O) groups is 1. The van der Waals surface area contributed by atoms with Crippen molar-refractivity contribution in [2.45, 2.75) is 38.1 Å². The van der Waals surface area contributed by atoms with Crippen LogP contribution in [0.15, 0.2) is 23.1 Å². The van der Waals surface area contributed by atoms with Crippen LogP contribution in [0.2, 0.25) is 0 Å². The molecular weight excluding hydrogens is 274 g/mol. The van der Waals surface area contributed by atoms with Crippen LogP contribution in [-0.4, -0.2) is 19.7 Å². The molecule has 1 unspecified atom stereocenters. The summed E-state index contributed by atoms with van der Waals surface area (Å²) in [4.78, 5) is 11.2. The van der Waals surface area contributed by atoms with Gasteiger partial charge in [0.1, 0.15) is 0 Å². The molecule has 0 saturated heterocycles. The molecule has 6 heteroatoms. The molecule has 0 heterocycles. The number of hydrogen-bond acceptors (Lipinski definition) is 3. The SMILES string of the molecule is CCC(NS(=O)(=O)c1ccc(C)cc1C)C(=O)Cl. The molecule has 0 aliphatic rings. The van der Waals surface area contributed by atoms with E-state index in [0.717, 1.165) is 5.56 Å². The van der Waals surface area contributed by atoms with E-state index in [4.69, 9.17) is 11.6 Å². The number of rotatable bonds is 5. The van der Waals surface area contributed by atoms with Gasteiger partial charge in [0.25, 0.3) is 0 Å². The summed E-state index contributed by atoms with van der Waals surface area (Å²) in [5.41, 5.74) is 1.62. The van der Waals surface area contributed by atoms with E-state index in [9.17, 15) is 13.2 Å². The van der Waals surface area contributed by atoms with Crippen molar-refractivity contribution in [3.05, 3.63) is 29.3 Å². The van der Waals surface area contributed by atoms with Crippen molar-refractivity contribution < 1.29 is 13.2 Å². The van der Waals surface area contributed by atoms with Crippen LogP contribution in [0.1, 0.15) is 24.5 Å². The third-order valence-electron chi connectivity index (χ3n) is 2.60. The molecule has 1 atom stereocenters. The Bertz CT molecular complexity index is 554. The van der Waals surface area contributed by atoms with Gasteiger partial charge in [0.05, 0.1) is 10.9 Å². The fraction of sp³-hybridized carbons (Fsp3) is 0.417. The van der Waals surface area contributed by atoms with Crippen molar-refractivity contribution in [3.63, 3.8) is 0 Å². The molecule has 4 nitrogen and oxygen atoms in total. The van der Waals surface area contributed by atoms with Crippen LogP contribution in [0.25, 0.3) is 0 Å². The predicted octanol–water partition coefficient (Wildman–Crippen LogP) is 2.13. The molecule has 0 saturated carbocycles. The lowest BCUT2D eigenvalue weighted by Crippen LogP contribution is -2.38. The van der Waals surface area contributed by atoms with E-state index in [0.29, 0.717) is 12.0 Å². The summed E-state index contributed by atoms with van der Waals surface area (Å²) in [5.74, 6) is 0. The second-order valence-electron chi connectivity index (χ2n) is 4.16. The standard InChI is InChI=1S/C12H16ClNO3S/c1-4-10(12(13)15)14-18(16,17)11-6-5-8(2)7-9(11)3/h5-7,10,14H,4H2,1-3H3. The molecule has 1 N–H and O–H groups in total. The lowest BCUT2D eigenvalue weighted by atomic mass is 10.2. The lowest BCUT2D eigenvalue weighted by Gasteiger charge is -2.14. The molecule has 18 heavy (non-hydrogen) atoms. The molecule has 1 rings (SSSR count). The maximum Gasteiger partial charge on any atom is 0.241 e. The van der Waals surface area contributed by atoms with Gasteiger partial charge in [0.15, 0.2) is 0 Å². The lowest BCUT2D eigenvalue weighted by molar-refractivity contribution is -0.113. The Labute approximate surface area is 112 Å². The van der Waals surface area contributed by atoms with E-state index in [-0.39, 0.29) is 4.90 Å². The molecule has 0 amide bonds. The highest BCUT2D eigenvalue weighted by atomic mass is 35.5. The average molecular weight is 290 g/mol. The molecule has 0 fully saturated rings. The summed E-state index contributed by atoms with van der Waals surface area (Å²) in [6.45, 7) is 5.29. The highest BCUT2D eigenvalue weighted by molar-refractivity contribution is 7.89. The van der Waals surface area contributed by atoms with Gasteiger partial charge in [-0.25, -0.2) is 8.42 Å². The van der Waals surface area contributed by atoms with Crippen molar-refractivity contribution in [1.82, 2.24) is 4.72 Å². The van der Waals surface area contributed by atoms with Crippen molar-refractivity contribution in [2.24, 2.45) is 0 Å². The fourth-order valence-corrected chi connectivity index (χ4v) is 3.42. The van der Waals surface area contributed by atoms with Gasteiger partial charge in [-0.15, -0.1) is 0 Å². The van der Waals surface area contributed by atoms with Crippen LogP contribution in [0, 0.1) is 13.8 Å². The van der Waals surface area contributed by atoms with Gasteiger partial charge in [-0.1, -0.05) is 24.6 Å². The van der Waals surface area contributed by atoms with Gasteiger partial charge in [-0.2, -0.15) is 4.72 Å². The van der Waals surface area contributed by atoms with E-state index < -0.39 is 21.3 Å². The number of carbonyl (C=O) groups excluding carboxylic acids is 1. The molecule has 1 aromatic carbocycles. The van der Waals surface area contributed by atoms with Crippen molar-refractivity contribution in [1.29, 1.82) is 0 Å². The van der Waals surface area contributed by atoms with Crippen LogP contribution >= 0.6 is 11.6 Å². The van der Waals surface area contributed by atoms with Gasteiger partial charge < -0.3 is 0 Å². The molecule has 100 valence electrons. The maximum atomic E-state index is 12.1. The molecule has 0 aliphatic carbocycles. The van der Waals surface area contributed by atoms with Gasteiger partial charge in [0, 0.05) is 0 Å². The first-order valence-electron chi connectivity index (χ1n) is 5.57. The Morgan fingerprint density at radius 2 is 2.00 bits per heavy atom. The van der Waals surface area contributed by atoms with Crippen LogP contribution in [-0.2, 0) is 14.8 Å². The number of nitrogens with one attached hydrogen (secondary N) is 1. The minimum atomic E-state index is -3.72. The Kier molecular flexibility index (Phi) is 4.90. The van der Waals surface area contributed by atoms with Gasteiger partial charge in [0.2, 0.25) is 15.3 Å². The zero-order valence-electron chi connectivity index (χ0n) is 10.5. The topological polar surface area (TPSA) is 63.2 Å². The Hall–Kier alpha value is -0.910. The molecule has 1 aromatic rings. The van der Waals surface area contributed by atoms with Gasteiger partial charge in [-0.05, 0) is 43.5 Å². The Balaban J connectivity index is 3.10. The van der Waals surface area contributed by atoms with Crippen molar-refractivity contribution in [2.75, 3.05) is 0 Å². The number of halogens is 1. The van der Waals surface area contributed by atoms with Crippen LogP contribution in [0.4, 0.5) is 0 Å². The fourth-order valence-electron chi connectivity index (χ4n) is 1.64. The molecule has 0 bridgehead atoms. The number of sulfonamides is 1. The minimum Gasteiger partial charge on any atom is -0.279 e. The first-order valence-corrected chi connectivity index (χ1v) is 7.43. The number of hydrogen-bond donors (Lipinski definition) is 1. The summed E-state index contributed by atoms with van der Waals surface area (Å²) >= 11 is 5.34. The molecule has 0 spiro atoms. The van der Waals surface area contributed by atoms with E-state index in [2.05, 4.69) is 4.72 Å². The molecule has 0 radical (unpaired) electrons. The van der Waals surface area contributed by atoms with Gasteiger partial charge in [-0.3, -0.25) is 4.79 Å². The first kappa shape index (κ1) is 15.1. The third kappa shape index (κ3) is 3.54. The second kappa shape index (κ2) is 5.82. The summed E-state index contributed by atoms with van der Waals surface area (Å²) < 4.78 is 26.5. The smallest absolute Gasteiger partial charge is 0.241 e. The van der Waals surface area contributed by atoms with Crippen LogP contribution in [0.3, 0.4) is 0 Å². The third-order valence-corrected chi connectivity index (χ3v) is 4.49. The van der Waals surface area contributed by atoms with Crippen LogP contribution < -0.4 is 4.72 Å². The van der Waals surface area contributed by atoms with Gasteiger partial charge >= 0.3 is 0 Å². The second-order valence-corrected chi connectivity index (χ2v) is 6.21.